The minimum absolute atomic E-state index is 0.0972. The van der Waals surface area contributed by atoms with E-state index in [0.717, 1.165) is 0 Å². The summed E-state index contributed by atoms with van der Waals surface area (Å²) in [6.45, 7) is 0. The second-order valence-corrected chi connectivity index (χ2v) is 8.23. The van der Waals surface area contributed by atoms with Crippen LogP contribution in [0.4, 0.5) is 0 Å². The highest BCUT2D eigenvalue weighted by molar-refractivity contribution is 7.10. The Morgan fingerprint density at radius 3 is 1.50 bits per heavy atom. The molecular weight excluding hydrogens is 454 g/mol. The zero-order valence-electron chi connectivity index (χ0n) is 16.4. The van der Waals surface area contributed by atoms with Crippen molar-refractivity contribution in [2.75, 3.05) is 0 Å². The van der Waals surface area contributed by atoms with Crippen LogP contribution in [0, 0.1) is 0 Å². The molecule has 4 amide bonds. The number of hydrazine groups is 2. The standard InChI is InChI=1S/C19H19N7O4S2/c20-25-18(29)14(12-6-2-8-31-12)23-16(27)10-4-1-5-11(22-10)17(28)24-15(19(30)26-21)13-7-3-9-32-13/h1-9,14-15H,20-21H2,(H,23,27)(H,24,28)(H,25,29)(H,26,30)/t14-,15-/m0/s1. The van der Waals surface area contributed by atoms with Gasteiger partial charge in [-0.15, -0.1) is 22.7 Å². The summed E-state index contributed by atoms with van der Waals surface area (Å²) in [5.41, 5.74) is 3.83. The summed E-state index contributed by atoms with van der Waals surface area (Å²) in [7, 11) is 0. The van der Waals surface area contributed by atoms with Crippen LogP contribution in [0.5, 0.6) is 0 Å². The summed E-state index contributed by atoms with van der Waals surface area (Å²) in [4.78, 5) is 54.8. The van der Waals surface area contributed by atoms with E-state index in [-0.39, 0.29) is 11.4 Å². The molecule has 0 aliphatic rings. The van der Waals surface area contributed by atoms with Gasteiger partial charge in [0.2, 0.25) is 0 Å². The molecule has 32 heavy (non-hydrogen) atoms. The predicted octanol–water partition coefficient (Wildman–Crippen LogP) is 0.127. The van der Waals surface area contributed by atoms with E-state index in [4.69, 9.17) is 11.7 Å². The highest BCUT2D eigenvalue weighted by Crippen LogP contribution is 2.21. The number of amides is 4. The normalized spacial score (nSPS) is 12.3. The summed E-state index contributed by atoms with van der Waals surface area (Å²) in [6.07, 6.45) is 0. The molecule has 11 nitrogen and oxygen atoms in total. The molecule has 2 atom stereocenters. The number of thiophene rings is 2. The average Bonchev–Trinajstić information content (AvgIpc) is 3.54. The molecule has 166 valence electrons. The highest BCUT2D eigenvalue weighted by atomic mass is 32.1. The lowest BCUT2D eigenvalue weighted by molar-refractivity contribution is -0.123. The SMILES string of the molecule is NNC(=O)[C@@H](NC(=O)c1cccc(C(=O)N[C@H](C(=O)NN)c2cccs2)n1)c1cccs1. The first-order valence-corrected chi connectivity index (χ1v) is 10.9. The van der Waals surface area contributed by atoms with Crippen LogP contribution in [0.2, 0.25) is 0 Å². The zero-order valence-corrected chi connectivity index (χ0v) is 18.0. The Balaban J connectivity index is 1.78. The Morgan fingerprint density at radius 2 is 1.16 bits per heavy atom. The summed E-state index contributed by atoms with van der Waals surface area (Å²) in [6, 6.07) is 9.00. The van der Waals surface area contributed by atoms with Gasteiger partial charge in [0.15, 0.2) is 0 Å². The van der Waals surface area contributed by atoms with Gasteiger partial charge in [0.1, 0.15) is 23.5 Å². The Kier molecular flexibility index (Phi) is 7.62. The number of hydrogen-bond donors (Lipinski definition) is 6. The van der Waals surface area contributed by atoms with Crippen LogP contribution in [0.25, 0.3) is 0 Å². The molecule has 3 aromatic rings. The van der Waals surface area contributed by atoms with E-state index in [1.165, 1.54) is 40.9 Å². The van der Waals surface area contributed by atoms with E-state index >= 15 is 0 Å². The number of pyridine rings is 1. The number of carbonyl (C=O) groups is 4. The van der Waals surface area contributed by atoms with Gasteiger partial charge >= 0.3 is 0 Å². The lowest BCUT2D eigenvalue weighted by Gasteiger charge is -2.17. The number of aromatic nitrogens is 1. The smallest absolute Gasteiger partial charge is 0.270 e. The van der Waals surface area contributed by atoms with E-state index in [1.807, 2.05) is 10.9 Å². The Hall–Kier alpha value is -3.65. The number of nitrogens with zero attached hydrogens (tertiary/aromatic N) is 1. The van der Waals surface area contributed by atoms with Gasteiger partial charge in [-0.2, -0.15) is 0 Å². The molecule has 0 spiro atoms. The van der Waals surface area contributed by atoms with Crippen molar-refractivity contribution in [1.29, 1.82) is 0 Å². The molecule has 0 saturated carbocycles. The van der Waals surface area contributed by atoms with E-state index in [0.29, 0.717) is 9.75 Å². The van der Waals surface area contributed by atoms with E-state index in [9.17, 15) is 19.2 Å². The lowest BCUT2D eigenvalue weighted by Crippen LogP contribution is -2.43. The minimum atomic E-state index is -1.02. The maximum absolute atomic E-state index is 12.7. The fraction of sp³-hybridized carbons (Fsp3) is 0.105. The molecule has 0 bridgehead atoms. The van der Waals surface area contributed by atoms with Crippen molar-refractivity contribution < 1.29 is 19.2 Å². The van der Waals surface area contributed by atoms with Gasteiger partial charge in [-0.05, 0) is 35.0 Å². The summed E-state index contributed by atoms with van der Waals surface area (Å²) < 4.78 is 0. The summed E-state index contributed by atoms with van der Waals surface area (Å²) in [5.74, 6) is 7.86. The van der Waals surface area contributed by atoms with Gasteiger partial charge in [0, 0.05) is 9.75 Å². The van der Waals surface area contributed by atoms with Crippen molar-refractivity contribution in [3.05, 3.63) is 74.4 Å². The molecule has 13 heteroatoms. The van der Waals surface area contributed by atoms with Crippen LogP contribution in [0.3, 0.4) is 0 Å². The first kappa shape index (κ1) is 23.0. The zero-order chi connectivity index (χ0) is 23.1. The lowest BCUT2D eigenvalue weighted by atomic mass is 10.2. The number of carbonyl (C=O) groups excluding carboxylic acids is 4. The van der Waals surface area contributed by atoms with Gasteiger partial charge < -0.3 is 10.6 Å². The molecular formula is C19H19N7O4S2. The van der Waals surface area contributed by atoms with Gasteiger partial charge in [-0.25, -0.2) is 16.7 Å². The second-order valence-electron chi connectivity index (χ2n) is 6.27. The molecule has 0 fully saturated rings. The Morgan fingerprint density at radius 1 is 0.719 bits per heavy atom. The van der Waals surface area contributed by atoms with Crippen molar-refractivity contribution in [3.8, 4) is 0 Å². The van der Waals surface area contributed by atoms with Crippen LogP contribution in [-0.4, -0.2) is 28.6 Å². The van der Waals surface area contributed by atoms with Crippen LogP contribution >= 0.6 is 22.7 Å². The van der Waals surface area contributed by atoms with E-state index in [2.05, 4.69) is 15.6 Å². The second kappa shape index (κ2) is 10.6. The first-order chi connectivity index (χ1) is 15.4. The fourth-order valence-corrected chi connectivity index (χ4v) is 4.25. The van der Waals surface area contributed by atoms with Crippen molar-refractivity contribution in [2.24, 2.45) is 11.7 Å². The van der Waals surface area contributed by atoms with E-state index < -0.39 is 35.7 Å². The van der Waals surface area contributed by atoms with Crippen LogP contribution in [0.15, 0.2) is 53.2 Å². The molecule has 0 aromatic carbocycles. The third-order valence-electron chi connectivity index (χ3n) is 4.23. The maximum atomic E-state index is 12.7. The van der Waals surface area contributed by atoms with E-state index in [1.54, 1.807) is 35.0 Å². The van der Waals surface area contributed by atoms with Crippen molar-refractivity contribution >= 4 is 46.3 Å². The average molecular weight is 474 g/mol. The quantitative estimate of drug-likeness (QED) is 0.153. The number of nitrogens with two attached hydrogens (primary N) is 2. The molecule has 0 aliphatic carbocycles. The van der Waals surface area contributed by atoms with Crippen LogP contribution < -0.4 is 33.2 Å². The van der Waals surface area contributed by atoms with Gasteiger partial charge in [0.05, 0.1) is 0 Å². The number of hydrogen-bond acceptors (Lipinski definition) is 9. The minimum Gasteiger partial charge on any atom is -0.334 e. The number of nitrogens with one attached hydrogen (secondary N) is 4. The fourth-order valence-electron chi connectivity index (χ4n) is 2.71. The third kappa shape index (κ3) is 5.33. The summed E-state index contributed by atoms with van der Waals surface area (Å²) in [5, 5.41) is 8.60. The molecule has 8 N–H and O–H groups in total. The van der Waals surface area contributed by atoms with Crippen molar-refractivity contribution in [2.45, 2.75) is 12.1 Å². The Bertz CT molecular complexity index is 1020. The highest BCUT2D eigenvalue weighted by Gasteiger charge is 2.26. The molecule has 3 rings (SSSR count). The topological polar surface area (TPSA) is 181 Å². The van der Waals surface area contributed by atoms with Crippen LogP contribution in [-0.2, 0) is 9.59 Å². The molecule has 0 aliphatic heterocycles. The molecule has 3 aromatic heterocycles. The molecule has 3 heterocycles. The third-order valence-corrected chi connectivity index (χ3v) is 6.10. The van der Waals surface area contributed by atoms with Gasteiger partial charge in [-0.1, -0.05) is 18.2 Å². The van der Waals surface area contributed by atoms with Crippen LogP contribution in [0.1, 0.15) is 42.8 Å². The molecule has 0 radical (unpaired) electrons. The maximum Gasteiger partial charge on any atom is 0.270 e. The Labute approximate surface area is 190 Å². The molecule has 0 saturated heterocycles. The van der Waals surface area contributed by atoms with Crippen molar-refractivity contribution in [1.82, 2.24) is 26.5 Å². The monoisotopic (exact) mass is 473 g/mol. The number of rotatable bonds is 8. The van der Waals surface area contributed by atoms with Gasteiger partial charge in [0.25, 0.3) is 23.6 Å². The van der Waals surface area contributed by atoms with Crippen molar-refractivity contribution in [3.63, 3.8) is 0 Å². The predicted molar refractivity (Wildman–Crippen MR) is 118 cm³/mol. The summed E-state index contributed by atoms with van der Waals surface area (Å²) >= 11 is 2.54. The first-order valence-electron chi connectivity index (χ1n) is 9.11. The van der Waals surface area contributed by atoms with Gasteiger partial charge in [-0.3, -0.25) is 30.0 Å². The largest absolute Gasteiger partial charge is 0.334 e. The molecule has 0 unspecified atom stereocenters.